The molecule has 7 nitrogen and oxygen atoms in total. The summed E-state index contributed by atoms with van der Waals surface area (Å²) < 4.78 is 5.12. The van der Waals surface area contributed by atoms with Gasteiger partial charge in [0.1, 0.15) is 6.04 Å². The van der Waals surface area contributed by atoms with Crippen molar-refractivity contribution >= 4 is 17.8 Å². The van der Waals surface area contributed by atoms with Crippen LogP contribution in [-0.4, -0.2) is 61.5 Å². The lowest BCUT2D eigenvalue weighted by atomic mass is 9.76. The smallest absolute Gasteiger partial charge is 0.333 e. The summed E-state index contributed by atoms with van der Waals surface area (Å²) in [6.45, 7) is 19.6. The Hall–Kier alpha value is -2.67. The number of aryl methyl sites for hydroxylation is 1. The van der Waals surface area contributed by atoms with Crippen LogP contribution in [0, 0.1) is 18.3 Å². The lowest BCUT2D eigenvalue weighted by Gasteiger charge is -2.40. The van der Waals surface area contributed by atoms with E-state index in [9.17, 15) is 14.4 Å². The van der Waals surface area contributed by atoms with Gasteiger partial charge in [-0.25, -0.2) is 4.79 Å². The summed E-state index contributed by atoms with van der Waals surface area (Å²) in [6.07, 6.45) is 1.78. The first kappa shape index (κ1) is 32.4. The Morgan fingerprint density at radius 1 is 1.08 bits per heavy atom. The van der Waals surface area contributed by atoms with Crippen LogP contribution < -0.4 is 10.6 Å². The minimum Gasteiger partial charge on any atom is -0.463 e. The number of rotatable bonds is 11. The predicted molar refractivity (Wildman–Crippen MR) is 150 cm³/mol. The molecular formula is C30H49N3O4. The van der Waals surface area contributed by atoms with Crippen LogP contribution in [0.1, 0.15) is 73.4 Å². The highest BCUT2D eigenvalue weighted by Crippen LogP contribution is 2.29. The summed E-state index contributed by atoms with van der Waals surface area (Å²) in [7, 11) is 3.48. The van der Waals surface area contributed by atoms with Gasteiger partial charge in [-0.2, -0.15) is 0 Å². The number of likely N-dealkylation sites (N-methyl/N-ethyl adjacent to an activating group) is 2. The lowest BCUT2D eigenvalue weighted by molar-refractivity contribution is -0.141. The van der Waals surface area contributed by atoms with E-state index in [1.807, 2.05) is 73.6 Å². The molecule has 2 N–H and O–H groups in total. The molecule has 1 aromatic rings. The monoisotopic (exact) mass is 515 g/mol. The van der Waals surface area contributed by atoms with Gasteiger partial charge in [-0.3, -0.25) is 9.59 Å². The fourth-order valence-corrected chi connectivity index (χ4v) is 4.58. The van der Waals surface area contributed by atoms with E-state index in [1.54, 1.807) is 38.9 Å². The van der Waals surface area contributed by atoms with Crippen molar-refractivity contribution in [1.29, 1.82) is 0 Å². The van der Waals surface area contributed by atoms with Gasteiger partial charge in [-0.15, -0.1) is 0 Å². The maximum absolute atomic E-state index is 13.9. The van der Waals surface area contributed by atoms with Crippen molar-refractivity contribution in [2.24, 2.45) is 11.3 Å². The molecule has 0 radical (unpaired) electrons. The van der Waals surface area contributed by atoms with Crippen molar-refractivity contribution in [3.63, 3.8) is 0 Å². The molecule has 0 heterocycles. The van der Waals surface area contributed by atoms with Crippen LogP contribution in [0.25, 0.3) is 0 Å². The minimum atomic E-state index is -0.772. The molecule has 0 aliphatic carbocycles. The van der Waals surface area contributed by atoms with Gasteiger partial charge in [-0.05, 0) is 44.7 Å². The highest BCUT2D eigenvalue weighted by Gasteiger charge is 2.41. The summed E-state index contributed by atoms with van der Waals surface area (Å²) >= 11 is 0. The first-order chi connectivity index (χ1) is 17.0. The summed E-state index contributed by atoms with van der Waals surface area (Å²) in [5.74, 6) is -0.810. The number of hydrogen-bond donors (Lipinski definition) is 2. The van der Waals surface area contributed by atoms with E-state index < -0.39 is 28.9 Å². The van der Waals surface area contributed by atoms with Crippen LogP contribution >= 0.6 is 0 Å². The van der Waals surface area contributed by atoms with E-state index in [1.165, 1.54) is 0 Å². The largest absolute Gasteiger partial charge is 0.463 e. The highest BCUT2D eigenvalue weighted by atomic mass is 16.5. The van der Waals surface area contributed by atoms with Gasteiger partial charge in [0.25, 0.3) is 0 Å². The Morgan fingerprint density at radius 3 is 2.14 bits per heavy atom. The molecule has 0 aliphatic rings. The molecule has 0 aromatic heterocycles. The number of carbonyl (C=O) groups is 3. The van der Waals surface area contributed by atoms with E-state index >= 15 is 0 Å². The van der Waals surface area contributed by atoms with Crippen LogP contribution in [0.3, 0.4) is 0 Å². The summed E-state index contributed by atoms with van der Waals surface area (Å²) in [5, 5.41) is 6.24. The molecule has 7 heteroatoms. The fraction of sp³-hybridized carbons (Fsp3) is 0.633. The summed E-state index contributed by atoms with van der Waals surface area (Å²) in [6, 6.07) is 6.45. The number of nitrogens with zero attached hydrogens (tertiary/aromatic N) is 1. The van der Waals surface area contributed by atoms with Crippen LogP contribution in [0.2, 0.25) is 0 Å². The van der Waals surface area contributed by atoms with Gasteiger partial charge in [0, 0.05) is 18.0 Å². The molecule has 1 rings (SSSR count). The summed E-state index contributed by atoms with van der Waals surface area (Å²) in [4.78, 5) is 41.4. The molecule has 2 amide bonds. The molecule has 0 saturated carbocycles. The van der Waals surface area contributed by atoms with E-state index in [-0.39, 0.29) is 30.4 Å². The molecule has 0 aliphatic heterocycles. The Kier molecular flexibility index (Phi) is 11.6. The molecule has 37 heavy (non-hydrogen) atoms. The fourth-order valence-electron chi connectivity index (χ4n) is 4.58. The van der Waals surface area contributed by atoms with Crippen molar-refractivity contribution in [3.05, 3.63) is 47.0 Å². The van der Waals surface area contributed by atoms with Gasteiger partial charge in [0.15, 0.2) is 0 Å². The van der Waals surface area contributed by atoms with Crippen molar-refractivity contribution in [2.75, 3.05) is 20.7 Å². The standard InChI is InChI=1S/C30H49N3O4/c1-13-37-28(36)21(5)18-23(19(2)3)33(12)27(35)25(29(6,7)8)32-26(34)24(31-11)30(9,10)22-16-14-15-20(4)17-22/h14-19,23-25,31H,13H2,1-12H3,(H,32,34)/t23-,24+,25?/m1/s1. The Morgan fingerprint density at radius 2 is 1.68 bits per heavy atom. The molecule has 208 valence electrons. The van der Waals surface area contributed by atoms with Crippen LogP contribution in [0.15, 0.2) is 35.9 Å². The topological polar surface area (TPSA) is 87.7 Å². The molecule has 1 aromatic carbocycles. The van der Waals surface area contributed by atoms with E-state index in [2.05, 4.69) is 16.7 Å². The normalized spacial score (nSPS) is 15.1. The second-order valence-corrected chi connectivity index (χ2v) is 11.9. The molecule has 0 spiro atoms. The van der Waals surface area contributed by atoms with Crippen LogP contribution in [-0.2, 0) is 24.5 Å². The van der Waals surface area contributed by atoms with Crippen molar-refractivity contribution in [1.82, 2.24) is 15.5 Å². The second-order valence-electron chi connectivity index (χ2n) is 11.9. The number of nitrogens with one attached hydrogen (secondary N) is 2. The third kappa shape index (κ3) is 8.42. The molecule has 0 bridgehead atoms. The third-order valence-corrected chi connectivity index (χ3v) is 6.93. The second kappa shape index (κ2) is 13.2. The van der Waals surface area contributed by atoms with Crippen LogP contribution in [0.4, 0.5) is 0 Å². The Bertz CT molecular complexity index is 975. The minimum absolute atomic E-state index is 0.0416. The van der Waals surface area contributed by atoms with Crippen molar-refractivity contribution in [2.45, 2.75) is 92.8 Å². The number of hydrogen-bond acceptors (Lipinski definition) is 5. The predicted octanol–water partition coefficient (Wildman–Crippen LogP) is 4.38. The maximum atomic E-state index is 13.9. The Labute approximate surface area is 224 Å². The van der Waals surface area contributed by atoms with Gasteiger partial charge in [0.2, 0.25) is 11.8 Å². The molecule has 0 fully saturated rings. The quantitative estimate of drug-likeness (QED) is 0.337. The molecule has 0 saturated heterocycles. The van der Waals surface area contributed by atoms with E-state index in [0.29, 0.717) is 5.57 Å². The zero-order chi connectivity index (χ0) is 28.7. The average Bonchev–Trinajstić information content (AvgIpc) is 2.79. The zero-order valence-corrected chi connectivity index (χ0v) is 25.0. The number of esters is 1. The van der Waals surface area contributed by atoms with Gasteiger partial charge >= 0.3 is 5.97 Å². The van der Waals surface area contributed by atoms with Crippen molar-refractivity contribution in [3.8, 4) is 0 Å². The SMILES string of the molecule is CCOC(=O)C(C)=C[C@H](C(C)C)N(C)C(=O)C(NC(=O)[C@H](NC)C(C)(C)c1cccc(C)c1)C(C)(C)C. The number of ether oxygens (including phenoxy) is 1. The molecule has 3 atom stereocenters. The van der Waals surface area contributed by atoms with Crippen molar-refractivity contribution < 1.29 is 19.1 Å². The summed E-state index contributed by atoms with van der Waals surface area (Å²) in [5.41, 5.74) is 1.54. The maximum Gasteiger partial charge on any atom is 0.333 e. The van der Waals surface area contributed by atoms with Gasteiger partial charge in [-0.1, -0.05) is 84.4 Å². The zero-order valence-electron chi connectivity index (χ0n) is 25.0. The van der Waals surface area contributed by atoms with Gasteiger partial charge < -0.3 is 20.3 Å². The number of carbonyl (C=O) groups excluding carboxylic acids is 3. The first-order valence-corrected chi connectivity index (χ1v) is 13.2. The highest BCUT2D eigenvalue weighted by molar-refractivity contribution is 5.92. The number of benzene rings is 1. The average molecular weight is 516 g/mol. The first-order valence-electron chi connectivity index (χ1n) is 13.2. The Balaban J connectivity index is 3.31. The molecule has 1 unspecified atom stereocenters. The molecular weight excluding hydrogens is 466 g/mol. The van der Waals surface area contributed by atoms with Crippen LogP contribution in [0.5, 0.6) is 0 Å². The third-order valence-electron chi connectivity index (χ3n) is 6.93. The van der Waals surface area contributed by atoms with E-state index in [4.69, 9.17) is 4.74 Å². The lowest BCUT2D eigenvalue weighted by Crippen LogP contribution is -2.61. The van der Waals surface area contributed by atoms with E-state index in [0.717, 1.165) is 11.1 Å². The van der Waals surface area contributed by atoms with Gasteiger partial charge in [0.05, 0.1) is 18.7 Å². The number of amides is 2.